The zero-order chi connectivity index (χ0) is 21.8. The Labute approximate surface area is 184 Å². The number of amides is 1. The zero-order valence-corrected chi connectivity index (χ0v) is 18.0. The molecule has 0 saturated heterocycles. The second-order valence-corrected chi connectivity index (χ2v) is 7.72. The smallest absolute Gasteiger partial charge is 0.341 e. The number of esters is 1. The predicted molar refractivity (Wildman–Crippen MR) is 123 cm³/mol. The first kappa shape index (κ1) is 20.6. The molecule has 0 radical (unpaired) electrons. The Bertz CT molecular complexity index is 1210. The second kappa shape index (κ2) is 9.02. The van der Waals surface area contributed by atoms with Crippen LogP contribution in [-0.4, -0.2) is 18.5 Å². The number of carbonyl (C=O) groups is 2. The van der Waals surface area contributed by atoms with Gasteiger partial charge in [0.05, 0.1) is 12.2 Å². The second-order valence-electron chi connectivity index (χ2n) is 6.84. The minimum Gasteiger partial charge on any atom is -0.462 e. The fourth-order valence-electron chi connectivity index (χ4n) is 3.31. The molecule has 2 aromatic carbocycles. The van der Waals surface area contributed by atoms with Crippen molar-refractivity contribution in [1.82, 2.24) is 0 Å². The molecule has 0 aliphatic carbocycles. The molecular formula is C25H21NO4S. The van der Waals surface area contributed by atoms with E-state index in [1.165, 1.54) is 11.3 Å². The molecule has 0 spiro atoms. The van der Waals surface area contributed by atoms with Gasteiger partial charge in [0.1, 0.15) is 22.1 Å². The number of aryl methyl sites for hydroxylation is 1. The molecule has 4 rings (SSSR count). The molecule has 0 fully saturated rings. The topological polar surface area (TPSA) is 68.5 Å². The molecule has 1 amide bonds. The highest BCUT2D eigenvalue weighted by molar-refractivity contribution is 7.15. The fourth-order valence-corrected chi connectivity index (χ4v) is 4.26. The molecule has 5 nitrogen and oxygen atoms in total. The molecule has 156 valence electrons. The number of hydrogen-bond donors (Lipinski definition) is 1. The van der Waals surface area contributed by atoms with E-state index in [0.29, 0.717) is 27.6 Å². The average molecular weight is 432 g/mol. The Balaban J connectivity index is 1.67. The summed E-state index contributed by atoms with van der Waals surface area (Å²) in [6, 6.07) is 20.9. The normalized spacial score (nSPS) is 10.6. The number of furan rings is 1. The number of nitrogens with one attached hydrogen (secondary N) is 1. The van der Waals surface area contributed by atoms with E-state index in [1.807, 2.05) is 66.0 Å². The summed E-state index contributed by atoms with van der Waals surface area (Å²) in [7, 11) is 0. The summed E-state index contributed by atoms with van der Waals surface area (Å²) in [4.78, 5) is 25.8. The molecule has 31 heavy (non-hydrogen) atoms. The largest absolute Gasteiger partial charge is 0.462 e. The number of rotatable bonds is 6. The van der Waals surface area contributed by atoms with E-state index in [4.69, 9.17) is 9.15 Å². The average Bonchev–Trinajstić information content (AvgIpc) is 3.39. The third kappa shape index (κ3) is 4.29. The van der Waals surface area contributed by atoms with E-state index in [0.717, 1.165) is 16.7 Å². The Morgan fingerprint density at radius 3 is 2.29 bits per heavy atom. The predicted octanol–water partition coefficient (Wildman–Crippen LogP) is 6.41. The lowest BCUT2D eigenvalue weighted by atomic mass is 10.0. The van der Waals surface area contributed by atoms with Crippen molar-refractivity contribution in [3.05, 3.63) is 89.0 Å². The van der Waals surface area contributed by atoms with Crippen LogP contribution in [0.25, 0.3) is 22.5 Å². The van der Waals surface area contributed by atoms with Crippen molar-refractivity contribution in [2.45, 2.75) is 13.8 Å². The van der Waals surface area contributed by atoms with Gasteiger partial charge in [-0.05, 0) is 25.5 Å². The van der Waals surface area contributed by atoms with E-state index in [2.05, 4.69) is 5.32 Å². The van der Waals surface area contributed by atoms with Crippen LogP contribution in [0.4, 0.5) is 5.00 Å². The third-order valence-corrected chi connectivity index (χ3v) is 5.70. The van der Waals surface area contributed by atoms with Gasteiger partial charge in [0.25, 0.3) is 5.91 Å². The van der Waals surface area contributed by atoms with Crippen molar-refractivity contribution in [3.8, 4) is 22.5 Å². The van der Waals surface area contributed by atoms with Gasteiger partial charge < -0.3 is 14.5 Å². The summed E-state index contributed by atoms with van der Waals surface area (Å²) in [6.45, 7) is 3.75. The van der Waals surface area contributed by atoms with E-state index < -0.39 is 5.97 Å². The summed E-state index contributed by atoms with van der Waals surface area (Å²) in [6.07, 6.45) is 0. The van der Waals surface area contributed by atoms with E-state index in [9.17, 15) is 9.59 Å². The summed E-state index contributed by atoms with van der Waals surface area (Å²) in [5, 5.41) is 5.18. The number of hydrogen-bond acceptors (Lipinski definition) is 5. The van der Waals surface area contributed by atoms with Gasteiger partial charge in [-0.25, -0.2) is 4.79 Å². The molecule has 0 saturated carbocycles. The summed E-state index contributed by atoms with van der Waals surface area (Å²) in [5.74, 6) is 0.320. The Morgan fingerprint density at radius 2 is 1.65 bits per heavy atom. The summed E-state index contributed by atoms with van der Waals surface area (Å²) in [5.41, 5.74) is 3.28. The van der Waals surface area contributed by atoms with Crippen LogP contribution in [0.1, 0.15) is 33.4 Å². The van der Waals surface area contributed by atoms with Crippen LogP contribution in [0.2, 0.25) is 0 Å². The van der Waals surface area contributed by atoms with Crippen LogP contribution in [0.5, 0.6) is 0 Å². The van der Waals surface area contributed by atoms with E-state index >= 15 is 0 Å². The molecule has 2 heterocycles. The van der Waals surface area contributed by atoms with Crippen LogP contribution < -0.4 is 5.32 Å². The van der Waals surface area contributed by atoms with Gasteiger partial charge in [-0.2, -0.15) is 0 Å². The monoisotopic (exact) mass is 431 g/mol. The van der Waals surface area contributed by atoms with Crippen molar-refractivity contribution in [1.29, 1.82) is 0 Å². The first-order chi connectivity index (χ1) is 15.1. The van der Waals surface area contributed by atoms with E-state index in [-0.39, 0.29) is 12.5 Å². The molecule has 0 aliphatic rings. The lowest BCUT2D eigenvalue weighted by Crippen LogP contribution is -2.15. The highest BCUT2D eigenvalue weighted by atomic mass is 32.1. The van der Waals surface area contributed by atoms with E-state index in [1.54, 1.807) is 19.9 Å². The van der Waals surface area contributed by atoms with Crippen molar-refractivity contribution < 1.29 is 18.7 Å². The van der Waals surface area contributed by atoms with Crippen LogP contribution in [0.15, 0.2) is 76.5 Å². The maximum atomic E-state index is 13.0. The van der Waals surface area contributed by atoms with Crippen molar-refractivity contribution in [3.63, 3.8) is 0 Å². The number of anilines is 1. The van der Waals surface area contributed by atoms with Crippen molar-refractivity contribution in [2.75, 3.05) is 11.9 Å². The standard InChI is InChI=1S/C25H21NO4S/c1-3-29-25(28)22-20(17-10-6-4-7-11-17)15-31-24(22)26-23(27)19-14-21(30-16(19)2)18-12-8-5-9-13-18/h4-15H,3H2,1-2H3,(H,26,27). The molecule has 0 atom stereocenters. The van der Waals surface area contributed by atoms with Crippen LogP contribution in [0, 0.1) is 6.92 Å². The zero-order valence-electron chi connectivity index (χ0n) is 17.2. The summed E-state index contributed by atoms with van der Waals surface area (Å²) < 4.78 is 11.1. The van der Waals surface area contributed by atoms with Gasteiger partial charge in [0.2, 0.25) is 0 Å². The lowest BCUT2D eigenvalue weighted by molar-refractivity contribution is 0.0529. The van der Waals surface area contributed by atoms with Crippen LogP contribution >= 0.6 is 11.3 Å². The molecule has 1 N–H and O–H groups in total. The van der Waals surface area contributed by atoms with Crippen molar-refractivity contribution >= 4 is 28.2 Å². The van der Waals surface area contributed by atoms with Crippen LogP contribution in [0.3, 0.4) is 0 Å². The molecule has 0 bridgehead atoms. The highest BCUT2D eigenvalue weighted by Gasteiger charge is 2.24. The van der Waals surface area contributed by atoms with Crippen LogP contribution in [-0.2, 0) is 4.74 Å². The molecule has 0 aliphatic heterocycles. The Morgan fingerprint density at radius 1 is 1.00 bits per heavy atom. The van der Waals surface area contributed by atoms with Gasteiger partial charge in [-0.3, -0.25) is 4.79 Å². The first-order valence-corrected chi connectivity index (χ1v) is 10.8. The lowest BCUT2D eigenvalue weighted by Gasteiger charge is -2.08. The van der Waals surface area contributed by atoms with Gasteiger partial charge in [-0.1, -0.05) is 60.7 Å². The molecular weight excluding hydrogens is 410 g/mol. The summed E-state index contributed by atoms with van der Waals surface area (Å²) >= 11 is 1.29. The third-order valence-electron chi connectivity index (χ3n) is 4.80. The molecule has 2 aromatic heterocycles. The van der Waals surface area contributed by atoms with Gasteiger partial charge in [0, 0.05) is 16.5 Å². The number of thiophene rings is 1. The molecule has 0 unspecified atom stereocenters. The fraction of sp³-hybridized carbons (Fsp3) is 0.120. The Hall–Kier alpha value is -3.64. The quantitative estimate of drug-likeness (QED) is 0.358. The SMILES string of the molecule is CCOC(=O)c1c(-c2ccccc2)csc1NC(=O)c1cc(-c2ccccc2)oc1C. The minimum atomic E-state index is -0.466. The minimum absolute atomic E-state index is 0.248. The van der Waals surface area contributed by atoms with Gasteiger partial charge >= 0.3 is 5.97 Å². The number of ether oxygens (including phenoxy) is 1. The Kier molecular flexibility index (Phi) is 6.00. The molecule has 4 aromatic rings. The highest BCUT2D eigenvalue weighted by Crippen LogP contribution is 2.37. The number of benzene rings is 2. The molecule has 6 heteroatoms. The van der Waals surface area contributed by atoms with Crippen molar-refractivity contribution in [2.24, 2.45) is 0 Å². The van der Waals surface area contributed by atoms with Gasteiger partial charge in [0.15, 0.2) is 0 Å². The first-order valence-electron chi connectivity index (χ1n) is 9.89. The maximum Gasteiger partial charge on any atom is 0.341 e. The van der Waals surface area contributed by atoms with Gasteiger partial charge in [-0.15, -0.1) is 11.3 Å². The maximum absolute atomic E-state index is 13.0. The number of carbonyl (C=O) groups excluding carboxylic acids is 2.